The third-order valence-corrected chi connectivity index (χ3v) is 4.48. The van der Waals surface area contributed by atoms with Crippen LogP contribution in [0.2, 0.25) is 0 Å². The highest BCUT2D eigenvalue weighted by Crippen LogP contribution is 2.35. The molecule has 0 unspecified atom stereocenters. The second-order valence-electron chi connectivity index (χ2n) is 5.97. The molecule has 0 amide bonds. The van der Waals surface area contributed by atoms with Gasteiger partial charge in [0.05, 0.1) is 5.56 Å². The van der Waals surface area contributed by atoms with Crippen LogP contribution in [0.1, 0.15) is 42.4 Å². The highest BCUT2D eigenvalue weighted by Gasteiger charge is 2.34. The molecule has 5 heteroatoms. The summed E-state index contributed by atoms with van der Waals surface area (Å²) >= 11 is 0. The standard InChI is InChI=1S/C15H19F3N2/c16-15(17,18)12-5-4-10-8-20(9-11(10)6-12)14-3-1-2-13(19)7-14/h4-6,13-14H,1-3,7-9,19H2/t13-,14+/m1/s1. The van der Waals surface area contributed by atoms with E-state index >= 15 is 0 Å². The molecule has 0 spiro atoms. The molecule has 1 fully saturated rings. The van der Waals surface area contributed by atoms with E-state index in [1.165, 1.54) is 12.1 Å². The third-order valence-electron chi connectivity index (χ3n) is 4.48. The molecule has 2 nitrogen and oxygen atoms in total. The van der Waals surface area contributed by atoms with Crippen LogP contribution >= 0.6 is 0 Å². The van der Waals surface area contributed by atoms with Crippen molar-refractivity contribution in [1.82, 2.24) is 4.90 Å². The van der Waals surface area contributed by atoms with E-state index in [0.29, 0.717) is 12.6 Å². The lowest BCUT2D eigenvalue weighted by Crippen LogP contribution is -2.39. The van der Waals surface area contributed by atoms with Crippen LogP contribution in [-0.2, 0) is 19.3 Å². The van der Waals surface area contributed by atoms with Crippen LogP contribution in [0.4, 0.5) is 13.2 Å². The fourth-order valence-electron chi connectivity index (χ4n) is 3.39. The second-order valence-corrected chi connectivity index (χ2v) is 5.97. The first kappa shape index (κ1) is 13.9. The van der Waals surface area contributed by atoms with Gasteiger partial charge in [0.15, 0.2) is 0 Å². The van der Waals surface area contributed by atoms with Crippen LogP contribution in [-0.4, -0.2) is 17.0 Å². The van der Waals surface area contributed by atoms with Gasteiger partial charge in [0, 0.05) is 25.2 Å². The molecule has 2 N–H and O–H groups in total. The minimum absolute atomic E-state index is 0.239. The predicted molar refractivity (Wildman–Crippen MR) is 70.9 cm³/mol. The lowest BCUT2D eigenvalue weighted by atomic mass is 9.91. The Morgan fingerprint density at radius 2 is 1.85 bits per heavy atom. The number of halogens is 3. The minimum Gasteiger partial charge on any atom is -0.328 e. The Kier molecular flexibility index (Phi) is 3.50. The minimum atomic E-state index is -4.25. The SMILES string of the molecule is N[C@@H]1CCC[C@H](N2Cc3ccc(C(F)(F)F)cc3C2)C1. The van der Waals surface area contributed by atoms with Crippen molar-refractivity contribution in [2.45, 2.75) is 57.0 Å². The monoisotopic (exact) mass is 284 g/mol. The lowest BCUT2D eigenvalue weighted by Gasteiger charge is -2.33. The van der Waals surface area contributed by atoms with Gasteiger partial charge in [-0.05, 0) is 42.5 Å². The second kappa shape index (κ2) is 5.04. The molecule has 2 aliphatic rings. The molecule has 0 aromatic heterocycles. The maximum Gasteiger partial charge on any atom is 0.416 e. The number of fused-ring (bicyclic) bond motifs is 1. The van der Waals surface area contributed by atoms with Crippen molar-refractivity contribution in [1.29, 1.82) is 0 Å². The molecule has 0 saturated heterocycles. The average molecular weight is 284 g/mol. The highest BCUT2D eigenvalue weighted by molar-refractivity contribution is 5.36. The molecule has 1 aromatic rings. The molecule has 1 aliphatic heterocycles. The van der Waals surface area contributed by atoms with Crippen LogP contribution in [0.15, 0.2) is 18.2 Å². The Balaban J connectivity index is 1.75. The molecule has 0 bridgehead atoms. The zero-order valence-corrected chi connectivity index (χ0v) is 11.3. The third kappa shape index (κ3) is 2.69. The molecule has 1 aromatic carbocycles. The molecule has 1 heterocycles. The Morgan fingerprint density at radius 3 is 2.55 bits per heavy atom. The summed E-state index contributed by atoms with van der Waals surface area (Å²) in [6.45, 7) is 1.38. The van der Waals surface area contributed by atoms with E-state index in [2.05, 4.69) is 4.90 Å². The van der Waals surface area contributed by atoms with Crippen LogP contribution in [0, 0.1) is 0 Å². The van der Waals surface area contributed by atoms with Crippen LogP contribution in [0.5, 0.6) is 0 Å². The first-order valence-electron chi connectivity index (χ1n) is 7.12. The summed E-state index contributed by atoms with van der Waals surface area (Å²) in [6, 6.07) is 4.78. The summed E-state index contributed by atoms with van der Waals surface area (Å²) in [6.07, 6.45) is -0.00837. The summed E-state index contributed by atoms with van der Waals surface area (Å²) in [4.78, 5) is 2.28. The first-order valence-corrected chi connectivity index (χ1v) is 7.12. The Morgan fingerprint density at radius 1 is 1.10 bits per heavy atom. The van der Waals surface area contributed by atoms with Gasteiger partial charge in [-0.1, -0.05) is 12.5 Å². The molecule has 0 radical (unpaired) electrons. The lowest BCUT2D eigenvalue weighted by molar-refractivity contribution is -0.137. The number of hydrogen-bond acceptors (Lipinski definition) is 2. The van der Waals surface area contributed by atoms with Crippen LogP contribution in [0.3, 0.4) is 0 Å². The maximum absolute atomic E-state index is 12.7. The fraction of sp³-hybridized carbons (Fsp3) is 0.600. The van der Waals surface area contributed by atoms with Crippen LogP contribution < -0.4 is 5.73 Å². The van der Waals surface area contributed by atoms with Gasteiger partial charge in [-0.3, -0.25) is 4.90 Å². The van der Waals surface area contributed by atoms with Crippen molar-refractivity contribution in [3.05, 3.63) is 34.9 Å². The van der Waals surface area contributed by atoms with Gasteiger partial charge in [-0.2, -0.15) is 13.2 Å². The van der Waals surface area contributed by atoms with Gasteiger partial charge >= 0.3 is 6.18 Å². The number of hydrogen-bond donors (Lipinski definition) is 1. The van der Waals surface area contributed by atoms with Crippen molar-refractivity contribution < 1.29 is 13.2 Å². The molecule has 1 aliphatic carbocycles. The molecular formula is C15H19F3N2. The smallest absolute Gasteiger partial charge is 0.328 e. The number of benzene rings is 1. The number of rotatable bonds is 1. The van der Waals surface area contributed by atoms with Crippen molar-refractivity contribution in [3.8, 4) is 0 Å². The van der Waals surface area contributed by atoms with E-state index in [1.54, 1.807) is 6.07 Å². The Labute approximate surface area is 116 Å². The largest absolute Gasteiger partial charge is 0.416 e. The first-order chi connectivity index (χ1) is 9.43. The van der Waals surface area contributed by atoms with E-state index in [1.807, 2.05) is 0 Å². The van der Waals surface area contributed by atoms with Gasteiger partial charge in [0.1, 0.15) is 0 Å². The van der Waals surface area contributed by atoms with Crippen molar-refractivity contribution >= 4 is 0 Å². The summed E-state index contributed by atoms with van der Waals surface area (Å²) < 4.78 is 38.2. The Hall–Kier alpha value is -1.07. The van der Waals surface area contributed by atoms with Crippen LogP contribution in [0.25, 0.3) is 0 Å². The van der Waals surface area contributed by atoms with Crippen molar-refractivity contribution in [2.24, 2.45) is 5.73 Å². The molecule has 20 heavy (non-hydrogen) atoms. The normalized spacial score (nSPS) is 27.6. The number of nitrogens with two attached hydrogens (primary N) is 1. The van der Waals surface area contributed by atoms with Crippen molar-refractivity contribution in [2.75, 3.05) is 0 Å². The van der Waals surface area contributed by atoms with E-state index in [9.17, 15) is 13.2 Å². The van der Waals surface area contributed by atoms with E-state index in [-0.39, 0.29) is 6.04 Å². The van der Waals surface area contributed by atoms with Crippen molar-refractivity contribution in [3.63, 3.8) is 0 Å². The zero-order valence-electron chi connectivity index (χ0n) is 11.3. The molecular weight excluding hydrogens is 265 g/mol. The van der Waals surface area contributed by atoms with Gasteiger partial charge in [0.25, 0.3) is 0 Å². The predicted octanol–water partition coefficient (Wildman–Crippen LogP) is 3.29. The number of alkyl halides is 3. The van der Waals surface area contributed by atoms with Gasteiger partial charge in [0.2, 0.25) is 0 Å². The average Bonchev–Trinajstić information content (AvgIpc) is 2.80. The summed E-state index contributed by atoms with van der Waals surface area (Å²) in [5.41, 5.74) is 7.30. The maximum atomic E-state index is 12.7. The van der Waals surface area contributed by atoms with E-state index < -0.39 is 11.7 Å². The zero-order chi connectivity index (χ0) is 14.3. The fourth-order valence-corrected chi connectivity index (χ4v) is 3.39. The summed E-state index contributed by atoms with van der Waals surface area (Å²) in [5.74, 6) is 0. The van der Waals surface area contributed by atoms with E-state index in [4.69, 9.17) is 5.73 Å². The molecule has 2 atom stereocenters. The molecule has 3 rings (SSSR count). The summed E-state index contributed by atoms with van der Waals surface area (Å²) in [7, 11) is 0. The number of nitrogens with zero attached hydrogens (tertiary/aromatic N) is 1. The van der Waals surface area contributed by atoms with Gasteiger partial charge in [-0.15, -0.1) is 0 Å². The van der Waals surface area contributed by atoms with Gasteiger partial charge in [-0.25, -0.2) is 0 Å². The quantitative estimate of drug-likeness (QED) is 0.857. The topological polar surface area (TPSA) is 29.3 Å². The van der Waals surface area contributed by atoms with E-state index in [0.717, 1.165) is 43.4 Å². The highest BCUT2D eigenvalue weighted by atomic mass is 19.4. The molecule has 1 saturated carbocycles. The summed E-state index contributed by atoms with van der Waals surface area (Å²) in [5, 5.41) is 0. The molecule has 110 valence electrons. The Bertz CT molecular complexity index is 498. The van der Waals surface area contributed by atoms with Gasteiger partial charge < -0.3 is 5.73 Å².